The topological polar surface area (TPSA) is 66.9 Å². The monoisotopic (exact) mass is 234 g/mol. The maximum Gasteiger partial charge on any atom is 0.224 e. The summed E-state index contributed by atoms with van der Waals surface area (Å²) in [6.45, 7) is 4.16. The predicted molar refractivity (Wildman–Crippen MR) is 64.2 cm³/mol. The lowest BCUT2D eigenvalue weighted by atomic mass is 9.99. The van der Waals surface area contributed by atoms with E-state index in [0.717, 1.165) is 37.3 Å². The zero-order valence-corrected chi connectivity index (χ0v) is 10.1. The van der Waals surface area contributed by atoms with Crippen LogP contribution < -0.4 is 10.6 Å². The highest BCUT2D eigenvalue weighted by atomic mass is 16.1. The molecule has 0 radical (unpaired) electrons. The number of nitrogens with one attached hydrogen (secondary N) is 2. The maximum absolute atomic E-state index is 11.8. The first kappa shape index (κ1) is 12.0. The van der Waals surface area contributed by atoms with Gasteiger partial charge in [0.25, 0.3) is 0 Å². The van der Waals surface area contributed by atoms with E-state index in [9.17, 15) is 4.79 Å². The normalized spacial score (nSPS) is 19.9. The summed E-state index contributed by atoms with van der Waals surface area (Å²) in [5.41, 5.74) is 1.68. The Labute approximate surface area is 101 Å². The minimum absolute atomic E-state index is 0.0992. The molecule has 1 aliphatic heterocycles. The van der Waals surface area contributed by atoms with Crippen molar-refractivity contribution in [2.45, 2.75) is 26.3 Å². The van der Waals surface area contributed by atoms with Crippen molar-refractivity contribution in [3.05, 3.63) is 23.8 Å². The molecule has 0 aliphatic carbocycles. The lowest BCUT2D eigenvalue weighted by Crippen LogP contribution is -2.40. The van der Waals surface area contributed by atoms with Crippen molar-refractivity contribution in [3.8, 4) is 0 Å². The van der Waals surface area contributed by atoms with Gasteiger partial charge in [0.2, 0.25) is 5.91 Å². The molecule has 2 N–H and O–H groups in total. The summed E-state index contributed by atoms with van der Waals surface area (Å²) >= 11 is 0. The van der Waals surface area contributed by atoms with Crippen LogP contribution in [-0.4, -0.2) is 29.0 Å². The molecule has 5 heteroatoms. The van der Waals surface area contributed by atoms with Crippen LogP contribution in [0.3, 0.4) is 0 Å². The lowest BCUT2D eigenvalue weighted by Gasteiger charge is -2.21. The molecule has 0 saturated carbocycles. The summed E-state index contributed by atoms with van der Waals surface area (Å²) < 4.78 is 0. The van der Waals surface area contributed by atoms with E-state index in [0.29, 0.717) is 6.54 Å². The van der Waals surface area contributed by atoms with Crippen LogP contribution in [-0.2, 0) is 11.3 Å². The molecule has 2 heterocycles. The van der Waals surface area contributed by atoms with Crippen LogP contribution in [0.1, 0.15) is 24.2 Å². The number of piperidine rings is 1. The number of hydrogen-bond donors (Lipinski definition) is 2. The van der Waals surface area contributed by atoms with Crippen LogP contribution >= 0.6 is 0 Å². The molecule has 1 unspecified atom stereocenters. The van der Waals surface area contributed by atoms with Crippen molar-refractivity contribution in [1.82, 2.24) is 20.6 Å². The van der Waals surface area contributed by atoms with E-state index >= 15 is 0 Å². The van der Waals surface area contributed by atoms with Gasteiger partial charge in [-0.2, -0.15) is 0 Å². The van der Waals surface area contributed by atoms with Crippen molar-refractivity contribution >= 4 is 5.91 Å². The zero-order valence-electron chi connectivity index (χ0n) is 10.1. The van der Waals surface area contributed by atoms with E-state index < -0.39 is 0 Å². The van der Waals surface area contributed by atoms with Gasteiger partial charge in [0.15, 0.2) is 0 Å². The number of carbonyl (C=O) groups is 1. The van der Waals surface area contributed by atoms with Crippen molar-refractivity contribution in [2.75, 3.05) is 13.1 Å². The number of hydrogen-bond acceptors (Lipinski definition) is 4. The van der Waals surface area contributed by atoms with E-state index in [1.165, 1.54) is 0 Å². The van der Waals surface area contributed by atoms with Gasteiger partial charge in [0.05, 0.1) is 30.0 Å². The molecule has 0 bridgehead atoms. The Hall–Kier alpha value is -1.49. The SMILES string of the molecule is Cc1cnc(CNC(=O)C2CCCNC2)cn1. The molecule has 2 rings (SSSR count). The number of aryl methyl sites for hydroxylation is 1. The third-order valence-electron chi connectivity index (χ3n) is 2.95. The van der Waals surface area contributed by atoms with Crippen molar-refractivity contribution in [3.63, 3.8) is 0 Å². The van der Waals surface area contributed by atoms with Crippen LogP contribution in [0.15, 0.2) is 12.4 Å². The first-order valence-electron chi connectivity index (χ1n) is 6.01. The Kier molecular flexibility index (Phi) is 4.03. The highest BCUT2D eigenvalue weighted by Gasteiger charge is 2.20. The molecule has 5 nitrogen and oxygen atoms in total. The van der Waals surface area contributed by atoms with E-state index in [1.807, 2.05) is 6.92 Å². The first-order chi connectivity index (χ1) is 8.25. The minimum Gasteiger partial charge on any atom is -0.350 e. The van der Waals surface area contributed by atoms with Gasteiger partial charge in [-0.1, -0.05) is 0 Å². The Morgan fingerprint density at radius 2 is 2.41 bits per heavy atom. The molecule has 0 spiro atoms. The number of amides is 1. The zero-order chi connectivity index (χ0) is 12.1. The summed E-state index contributed by atoms with van der Waals surface area (Å²) in [5.74, 6) is 0.210. The summed E-state index contributed by atoms with van der Waals surface area (Å²) in [4.78, 5) is 20.2. The molecule has 92 valence electrons. The number of carbonyl (C=O) groups excluding carboxylic acids is 1. The average Bonchev–Trinajstić information content (AvgIpc) is 2.39. The Morgan fingerprint density at radius 3 is 3.06 bits per heavy atom. The maximum atomic E-state index is 11.8. The molecule has 1 atom stereocenters. The van der Waals surface area contributed by atoms with Gasteiger partial charge in [0, 0.05) is 12.7 Å². The fraction of sp³-hybridized carbons (Fsp3) is 0.583. The van der Waals surface area contributed by atoms with Crippen LogP contribution in [0.2, 0.25) is 0 Å². The van der Waals surface area contributed by atoms with Crippen molar-refractivity contribution in [2.24, 2.45) is 5.92 Å². The highest BCUT2D eigenvalue weighted by Crippen LogP contribution is 2.09. The van der Waals surface area contributed by atoms with E-state index in [-0.39, 0.29) is 11.8 Å². The van der Waals surface area contributed by atoms with Crippen LogP contribution in [0.4, 0.5) is 0 Å². The fourth-order valence-corrected chi connectivity index (χ4v) is 1.91. The summed E-state index contributed by atoms with van der Waals surface area (Å²) in [5, 5.41) is 6.14. The second-order valence-electron chi connectivity index (χ2n) is 4.41. The number of nitrogens with zero attached hydrogens (tertiary/aromatic N) is 2. The number of aromatic nitrogens is 2. The highest BCUT2D eigenvalue weighted by molar-refractivity contribution is 5.78. The molecule has 1 aromatic heterocycles. The van der Waals surface area contributed by atoms with E-state index in [4.69, 9.17) is 0 Å². The van der Waals surface area contributed by atoms with Crippen molar-refractivity contribution in [1.29, 1.82) is 0 Å². The molecular weight excluding hydrogens is 216 g/mol. The smallest absolute Gasteiger partial charge is 0.224 e. The van der Waals surface area contributed by atoms with Gasteiger partial charge in [-0.25, -0.2) is 0 Å². The molecule has 1 amide bonds. The Balaban J connectivity index is 1.81. The van der Waals surface area contributed by atoms with Gasteiger partial charge in [-0.05, 0) is 26.3 Å². The Morgan fingerprint density at radius 1 is 1.53 bits per heavy atom. The van der Waals surface area contributed by atoms with Gasteiger partial charge in [0.1, 0.15) is 0 Å². The second kappa shape index (κ2) is 5.72. The molecular formula is C12H18N4O. The molecule has 17 heavy (non-hydrogen) atoms. The van der Waals surface area contributed by atoms with Gasteiger partial charge < -0.3 is 10.6 Å². The van der Waals surface area contributed by atoms with Crippen LogP contribution in [0.25, 0.3) is 0 Å². The van der Waals surface area contributed by atoms with E-state index in [2.05, 4.69) is 20.6 Å². The summed E-state index contributed by atoms with van der Waals surface area (Å²) in [6, 6.07) is 0. The van der Waals surface area contributed by atoms with Gasteiger partial charge in [-0.15, -0.1) is 0 Å². The predicted octanol–water partition coefficient (Wildman–Crippen LogP) is 0.401. The first-order valence-corrected chi connectivity index (χ1v) is 6.01. The third-order valence-corrected chi connectivity index (χ3v) is 2.95. The van der Waals surface area contributed by atoms with Crippen LogP contribution in [0, 0.1) is 12.8 Å². The largest absolute Gasteiger partial charge is 0.350 e. The van der Waals surface area contributed by atoms with Crippen LogP contribution in [0.5, 0.6) is 0 Å². The van der Waals surface area contributed by atoms with E-state index in [1.54, 1.807) is 12.4 Å². The van der Waals surface area contributed by atoms with Crippen molar-refractivity contribution < 1.29 is 4.79 Å². The standard InChI is InChI=1S/C12H18N4O/c1-9-5-15-11(7-14-9)8-16-12(17)10-3-2-4-13-6-10/h5,7,10,13H,2-4,6,8H2,1H3,(H,16,17). The molecule has 1 aromatic rings. The molecule has 1 saturated heterocycles. The average molecular weight is 234 g/mol. The fourth-order valence-electron chi connectivity index (χ4n) is 1.91. The molecule has 1 aliphatic rings. The minimum atomic E-state index is 0.0992. The second-order valence-corrected chi connectivity index (χ2v) is 4.41. The molecule has 0 aromatic carbocycles. The van der Waals surface area contributed by atoms with Gasteiger partial charge >= 0.3 is 0 Å². The Bertz CT molecular complexity index is 371. The third kappa shape index (κ3) is 3.49. The quantitative estimate of drug-likeness (QED) is 0.794. The molecule has 1 fully saturated rings. The van der Waals surface area contributed by atoms with Gasteiger partial charge in [-0.3, -0.25) is 14.8 Å². The number of rotatable bonds is 3. The summed E-state index contributed by atoms with van der Waals surface area (Å²) in [7, 11) is 0. The summed E-state index contributed by atoms with van der Waals surface area (Å²) in [6.07, 6.45) is 5.46. The lowest BCUT2D eigenvalue weighted by molar-refractivity contribution is -0.125.